The van der Waals surface area contributed by atoms with Crippen LogP contribution < -0.4 is 0 Å². The Morgan fingerprint density at radius 3 is 2.67 bits per heavy atom. The third-order valence-electron chi connectivity index (χ3n) is 3.17. The first-order valence-corrected chi connectivity index (χ1v) is 6.58. The van der Waals surface area contributed by atoms with Crippen LogP contribution >= 0.6 is 0 Å². The first kappa shape index (κ1) is 13.1. The number of benzene rings is 2. The number of aromatic amines is 1. The molecule has 104 valence electrons. The molecule has 0 aliphatic heterocycles. The van der Waals surface area contributed by atoms with Crippen molar-refractivity contribution in [1.29, 1.82) is 0 Å². The zero-order valence-electron chi connectivity index (χ0n) is 11.5. The number of para-hydroxylation sites is 1. The molecule has 4 nitrogen and oxygen atoms in total. The van der Waals surface area contributed by atoms with E-state index in [9.17, 15) is 4.79 Å². The number of nitrogens with zero attached hydrogens (tertiary/aromatic N) is 1. The van der Waals surface area contributed by atoms with Gasteiger partial charge in [0, 0.05) is 0 Å². The van der Waals surface area contributed by atoms with Crippen LogP contribution in [0.1, 0.15) is 21.7 Å². The van der Waals surface area contributed by atoms with Gasteiger partial charge in [-0.1, -0.05) is 42.5 Å². The molecule has 21 heavy (non-hydrogen) atoms. The van der Waals surface area contributed by atoms with Crippen LogP contribution in [0.5, 0.6) is 0 Å². The Morgan fingerprint density at radius 2 is 1.90 bits per heavy atom. The van der Waals surface area contributed by atoms with Crippen LogP contribution in [-0.2, 0) is 4.74 Å². The summed E-state index contributed by atoms with van der Waals surface area (Å²) in [4.78, 5) is 19.4. The van der Waals surface area contributed by atoms with Crippen molar-refractivity contribution in [3.8, 4) is 0 Å². The number of carbonyl (C=O) groups excluding carboxylic acids is 1. The summed E-state index contributed by atoms with van der Waals surface area (Å²) in [5.41, 5.74) is 2.99. The molecule has 0 atom stereocenters. The number of fused-ring (bicyclic) bond motifs is 1. The quantitative estimate of drug-likeness (QED) is 0.746. The van der Waals surface area contributed by atoms with Crippen LogP contribution in [0.4, 0.5) is 0 Å². The first-order valence-electron chi connectivity index (χ1n) is 6.58. The molecule has 0 aliphatic carbocycles. The molecule has 1 aromatic heterocycles. The van der Waals surface area contributed by atoms with E-state index >= 15 is 0 Å². The average molecular weight is 278 g/mol. The fourth-order valence-electron chi connectivity index (χ4n) is 2.14. The second-order valence-corrected chi connectivity index (χ2v) is 4.56. The van der Waals surface area contributed by atoms with Gasteiger partial charge in [0.25, 0.3) is 0 Å². The number of hydrogen-bond donors (Lipinski definition) is 1. The molecular formula is C17H14N2O2. The van der Waals surface area contributed by atoms with Gasteiger partial charge in [-0.05, 0) is 23.8 Å². The molecule has 1 N–H and O–H groups in total. The lowest BCUT2D eigenvalue weighted by atomic mass is 10.2. The van der Waals surface area contributed by atoms with Crippen LogP contribution in [0.2, 0.25) is 0 Å². The summed E-state index contributed by atoms with van der Waals surface area (Å²) in [6, 6.07) is 15.4. The van der Waals surface area contributed by atoms with Crippen LogP contribution in [0.3, 0.4) is 0 Å². The monoisotopic (exact) mass is 278 g/mol. The molecular weight excluding hydrogens is 264 g/mol. The molecule has 1 heterocycles. The minimum atomic E-state index is -0.384. The maximum atomic E-state index is 11.7. The molecule has 0 amide bonds. The largest absolute Gasteiger partial charge is 0.465 e. The Labute approximate surface area is 122 Å². The number of rotatable bonds is 3. The number of ether oxygens (including phenoxy) is 1. The van der Waals surface area contributed by atoms with Gasteiger partial charge in [-0.25, -0.2) is 9.78 Å². The zero-order valence-corrected chi connectivity index (χ0v) is 11.5. The van der Waals surface area contributed by atoms with Gasteiger partial charge in [0.2, 0.25) is 0 Å². The zero-order chi connectivity index (χ0) is 14.7. The highest BCUT2D eigenvalue weighted by Gasteiger charge is 2.12. The van der Waals surface area contributed by atoms with E-state index in [1.165, 1.54) is 7.11 Å². The fraction of sp³-hybridized carbons (Fsp3) is 0.0588. The van der Waals surface area contributed by atoms with Gasteiger partial charge >= 0.3 is 5.97 Å². The van der Waals surface area contributed by atoms with E-state index in [4.69, 9.17) is 4.74 Å². The summed E-state index contributed by atoms with van der Waals surface area (Å²) >= 11 is 0. The van der Waals surface area contributed by atoms with E-state index in [0.29, 0.717) is 16.9 Å². The van der Waals surface area contributed by atoms with Gasteiger partial charge in [-0.3, -0.25) is 0 Å². The first-order chi connectivity index (χ1) is 10.3. The van der Waals surface area contributed by atoms with Crippen LogP contribution in [0.15, 0.2) is 48.5 Å². The van der Waals surface area contributed by atoms with E-state index in [1.54, 1.807) is 12.1 Å². The van der Waals surface area contributed by atoms with Gasteiger partial charge in [-0.2, -0.15) is 0 Å². The molecule has 3 rings (SSSR count). The summed E-state index contributed by atoms with van der Waals surface area (Å²) in [5.74, 6) is 0.316. The van der Waals surface area contributed by atoms with E-state index < -0.39 is 0 Å². The topological polar surface area (TPSA) is 55.0 Å². The van der Waals surface area contributed by atoms with Gasteiger partial charge in [0.1, 0.15) is 11.3 Å². The fourth-order valence-corrected chi connectivity index (χ4v) is 2.14. The minimum absolute atomic E-state index is 0.384. The predicted octanol–water partition coefficient (Wildman–Crippen LogP) is 3.52. The Kier molecular flexibility index (Phi) is 3.51. The molecule has 3 aromatic rings. The van der Waals surface area contributed by atoms with Crippen LogP contribution in [0, 0.1) is 0 Å². The Hall–Kier alpha value is -2.88. The van der Waals surface area contributed by atoms with Crippen molar-refractivity contribution in [2.24, 2.45) is 0 Å². The number of esters is 1. The highest BCUT2D eigenvalue weighted by Crippen LogP contribution is 2.18. The average Bonchev–Trinajstić information content (AvgIpc) is 2.96. The van der Waals surface area contributed by atoms with Gasteiger partial charge in [-0.15, -0.1) is 0 Å². The SMILES string of the molecule is COC(=O)c1cccc2[nH]c(/C=C/c3ccccc3)nc12. The number of imidazole rings is 1. The Morgan fingerprint density at radius 1 is 1.10 bits per heavy atom. The highest BCUT2D eigenvalue weighted by atomic mass is 16.5. The van der Waals surface area contributed by atoms with E-state index in [-0.39, 0.29) is 5.97 Å². The number of hydrogen-bond acceptors (Lipinski definition) is 3. The highest BCUT2D eigenvalue weighted by molar-refractivity contribution is 6.02. The summed E-state index contributed by atoms with van der Waals surface area (Å²) in [6.45, 7) is 0. The van der Waals surface area contributed by atoms with E-state index in [2.05, 4.69) is 9.97 Å². The maximum Gasteiger partial charge on any atom is 0.340 e. The Balaban J connectivity index is 1.98. The van der Waals surface area contributed by atoms with Crippen molar-refractivity contribution in [2.75, 3.05) is 7.11 Å². The normalized spacial score (nSPS) is 11.1. The number of H-pyrrole nitrogens is 1. The van der Waals surface area contributed by atoms with Crippen molar-refractivity contribution in [2.45, 2.75) is 0 Å². The molecule has 0 saturated heterocycles. The van der Waals surface area contributed by atoms with Gasteiger partial charge in [0.15, 0.2) is 0 Å². The second kappa shape index (κ2) is 5.63. The van der Waals surface area contributed by atoms with Gasteiger partial charge in [0.05, 0.1) is 18.2 Å². The molecule has 0 spiro atoms. The lowest BCUT2D eigenvalue weighted by Gasteiger charge is -1.98. The standard InChI is InChI=1S/C17H14N2O2/c1-21-17(20)13-8-5-9-14-16(13)19-15(18-14)11-10-12-6-3-2-4-7-12/h2-11H,1H3,(H,18,19)/b11-10+. The van der Waals surface area contributed by atoms with Crippen molar-refractivity contribution in [1.82, 2.24) is 9.97 Å². The van der Waals surface area contributed by atoms with E-state index in [1.807, 2.05) is 48.6 Å². The lowest BCUT2D eigenvalue weighted by Crippen LogP contribution is -2.01. The molecule has 4 heteroatoms. The smallest absolute Gasteiger partial charge is 0.340 e. The van der Waals surface area contributed by atoms with Gasteiger partial charge < -0.3 is 9.72 Å². The minimum Gasteiger partial charge on any atom is -0.465 e. The molecule has 0 radical (unpaired) electrons. The second-order valence-electron chi connectivity index (χ2n) is 4.56. The number of methoxy groups -OCH3 is 1. The number of nitrogens with one attached hydrogen (secondary N) is 1. The third kappa shape index (κ3) is 2.69. The third-order valence-corrected chi connectivity index (χ3v) is 3.17. The molecule has 0 saturated carbocycles. The number of aromatic nitrogens is 2. The molecule has 0 fully saturated rings. The van der Waals surface area contributed by atoms with Crippen molar-refractivity contribution >= 4 is 29.2 Å². The molecule has 0 aliphatic rings. The predicted molar refractivity (Wildman–Crippen MR) is 82.8 cm³/mol. The van der Waals surface area contributed by atoms with Crippen molar-refractivity contribution in [3.63, 3.8) is 0 Å². The lowest BCUT2D eigenvalue weighted by molar-refractivity contribution is 0.0603. The maximum absolute atomic E-state index is 11.7. The van der Waals surface area contributed by atoms with Crippen LogP contribution in [0.25, 0.3) is 23.2 Å². The number of carbonyl (C=O) groups is 1. The summed E-state index contributed by atoms with van der Waals surface area (Å²) in [7, 11) is 1.37. The summed E-state index contributed by atoms with van der Waals surface area (Å²) in [5, 5.41) is 0. The Bertz CT molecular complexity index is 804. The van der Waals surface area contributed by atoms with Crippen molar-refractivity contribution in [3.05, 3.63) is 65.5 Å². The summed E-state index contributed by atoms with van der Waals surface area (Å²) in [6.07, 6.45) is 3.85. The summed E-state index contributed by atoms with van der Waals surface area (Å²) < 4.78 is 4.77. The molecule has 0 unspecified atom stereocenters. The van der Waals surface area contributed by atoms with Crippen LogP contribution in [-0.4, -0.2) is 23.0 Å². The van der Waals surface area contributed by atoms with E-state index in [0.717, 1.165) is 11.1 Å². The molecule has 2 aromatic carbocycles. The van der Waals surface area contributed by atoms with Crippen molar-refractivity contribution < 1.29 is 9.53 Å². The molecule has 0 bridgehead atoms.